The van der Waals surface area contributed by atoms with E-state index in [1.165, 1.54) is 12.3 Å². The second-order valence-corrected chi connectivity index (χ2v) is 7.42. The van der Waals surface area contributed by atoms with E-state index in [1.807, 2.05) is 0 Å². The van der Waals surface area contributed by atoms with Gasteiger partial charge in [0.1, 0.15) is 11.9 Å². The molecule has 1 aromatic heterocycles. The third kappa shape index (κ3) is 4.73. The van der Waals surface area contributed by atoms with E-state index in [-0.39, 0.29) is 12.2 Å². The Bertz CT molecular complexity index is 906. The number of rotatable bonds is 6. The van der Waals surface area contributed by atoms with E-state index in [0.717, 1.165) is 30.8 Å². The first-order valence-corrected chi connectivity index (χ1v) is 9.77. The molecule has 0 spiro atoms. The lowest BCUT2D eigenvalue weighted by Crippen LogP contribution is -2.42. The molecular weight excluding hydrogens is 399 g/mol. The third-order valence-corrected chi connectivity index (χ3v) is 5.25. The van der Waals surface area contributed by atoms with Gasteiger partial charge in [-0.1, -0.05) is 6.07 Å². The molecular formula is C21H22F3N3O3. The van der Waals surface area contributed by atoms with Crippen LogP contribution in [0, 0.1) is 5.82 Å². The fourth-order valence-electron chi connectivity index (χ4n) is 3.71. The van der Waals surface area contributed by atoms with Crippen molar-refractivity contribution in [3.63, 3.8) is 0 Å². The highest BCUT2D eigenvalue weighted by molar-refractivity contribution is 5.70. The van der Waals surface area contributed by atoms with Gasteiger partial charge in [-0.15, -0.1) is 0 Å². The fraction of sp³-hybridized carbons (Fsp3) is 0.429. The number of morpholine rings is 1. The fourth-order valence-corrected chi connectivity index (χ4v) is 3.71. The molecule has 30 heavy (non-hydrogen) atoms. The number of alkyl halides is 2. The van der Waals surface area contributed by atoms with Crippen LogP contribution in [0.25, 0.3) is 11.1 Å². The number of pyridine rings is 1. The van der Waals surface area contributed by atoms with Crippen LogP contribution in [0.5, 0.6) is 0 Å². The van der Waals surface area contributed by atoms with E-state index in [4.69, 9.17) is 9.47 Å². The maximum atomic E-state index is 13.6. The number of halogens is 3. The summed E-state index contributed by atoms with van der Waals surface area (Å²) in [5.74, 6) is -0.941. The Morgan fingerprint density at radius 3 is 2.70 bits per heavy atom. The summed E-state index contributed by atoms with van der Waals surface area (Å²) in [5, 5.41) is 0. The first-order valence-electron chi connectivity index (χ1n) is 9.77. The van der Waals surface area contributed by atoms with Gasteiger partial charge in [0.15, 0.2) is 0 Å². The molecule has 1 aromatic carbocycles. The Morgan fingerprint density at radius 1 is 1.13 bits per heavy atom. The summed E-state index contributed by atoms with van der Waals surface area (Å²) in [6, 6.07) is 5.35. The maximum Gasteiger partial charge on any atom is 0.410 e. The molecule has 9 heteroatoms. The quantitative estimate of drug-likeness (QED) is 0.715. The van der Waals surface area contributed by atoms with Gasteiger partial charge >= 0.3 is 6.09 Å². The smallest absolute Gasteiger partial charge is 0.410 e. The highest BCUT2D eigenvalue weighted by Gasteiger charge is 2.32. The molecule has 0 radical (unpaired) electrons. The Labute approximate surface area is 172 Å². The average Bonchev–Trinajstić information content (AvgIpc) is 3.07. The van der Waals surface area contributed by atoms with Crippen molar-refractivity contribution in [2.75, 3.05) is 39.4 Å². The molecule has 0 unspecified atom stereocenters. The number of hydrogen-bond donors (Lipinski definition) is 0. The van der Waals surface area contributed by atoms with E-state index in [1.54, 1.807) is 17.2 Å². The zero-order valence-corrected chi connectivity index (χ0v) is 16.3. The van der Waals surface area contributed by atoms with E-state index >= 15 is 0 Å². The molecule has 0 bridgehead atoms. The highest BCUT2D eigenvalue weighted by atomic mass is 19.3. The third-order valence-electron chi connectivity index (χ3n) is 5.25. The lowest BCUT2D eigenvalue weighted by molar-refractivity contribution is 0.0188. The SMILES string of the molecule is O=C1O[C@@H](CN2CCOCC2)CN1Cc1cncc(-c2ccc(F)c(C(F)F)c2)c1. The van der Waals surface area contributed by atoms with Gasteiger partial charge < -0.3 is 14.4 Å². The second kappa shape index (κ2) is 9.01. The topological polar surface area (TPSA) is 54.9 Å². The normalized spacial score (nSPS) is 20.1. The van der Waals surface area contributed by atoms with Crippen molar-refractivity contribution < 1.29 is 27.4 Å². The molecule has 1 atom stereocenters. The van der Waals surface area contributed by atoms with Crippen LogP contribution in [0.3, 0.4) is 0 Å². The zero-order valence-electron chi connectivity index (χ0n) is 16.3. The molecule has 2 aliphatic rings. The lowest BCUT2D eigenvalue weighted by atomic mass is 10.0. The zero-order chi connectivity index (χ0) is 21.1. The van der Waals surface area contributed by atoms with Gasteiger partial charge in [0.2, 0.25) is 0 Å². The van der Waals surface area contributed by atoms with Crippen molar-refractivity contribution in [1.82, 2.24) is 14.8 Å². The molecule has 2 aliphatic heterocycles. The molecule has 6 nitrogen and oxygen atoms in total. The van der Waals surface area contributed by atoms with E-state index in [9.17, 15) is 18.0 Å². The largest absolute Gasteiger partial charge is 0.443 e. The van der Waals surface area contributed by atoms with Gasteiger partial charge in [0.05, 0.1) is 31.9 Å². The van der Waals surface area contributed by atoms with Gasteiger partial charge in [-0.2, -0.15) is 0 Å². The molecule has 160 valence electrons. The molecule has 0 aliphatic carbocycles. The van der Waals surface area contributed by atoms with Gasteiger partial charge in [-0.05, 0) is 29.3 Å². The van der Waals surface area contributed by atoms with Crippen LogP contribution in [0.2, 0.25) is 0 Å². The number of amides is 1. The Morgan fingerprint density at radius 2 is 1.93 bits per heavy atom. The molecule has 0 N–H and O–H groups in total. The molecule has 2 saturated heterocycles. The number of carbonyl (C=O) groups is 1. The van der Waals surface area contributed by atoms with Crippen LogP contribution in [-0.2, 0) is 16.0 Å². The minimum absolute atomic E-state index is 0.211. The summed E-state index contributed by atoms with van der Waals surface area (Å²) in [5.41, 5.74) is 1.11. The summed E-state index contributed by atoms with van der Waals surface area (Å²) >= 11 is 0. The predicted octanol–water partition coefficient (Wildman–Crippen LogP) is 3.48. The van der Waals surface area contributed by atoms with E-state index < -0.39 is 17.8 Å². The Balaban J connectivity index is 1.43. The number of ether oxygens (including phenoxy) is 2. The number of carbonyl (C=O) groups excluding carboxylic acids is 1. The minimum Gasteiger partial charge on any atom is -0.443 e. The molecule has 4 rings (SSSR count). The number of cyclic esters (lactones) is 1. The Kier molecular flexibility index (Phi) is 6.19. The van der Waals surface area contributed by atoms with Gasteiger partial charge in [0, 0.05) is 37.6 Å². The van der Waals surface area contributed by atoms with Crippen molar-refractivity contribution in [3.05, 3.63) is 53.6 Å². The Hall–Kier alpha value is -2.65. The van der Waals surface area contributed by atoms with Crippen molar-refractivity contribution in [3.8, 4) is 11.1 Å². The minimum atomic E-state index is -2.90. The highest BCUT2D eigenvalue weighted by Crippen LogP contribution is 2.28. The molecule has 3 heterocycles. The van der Waals surface area contributed by atoms with E-state index in [2.05, 4.69) is 9.88 Å². The summed E-state index contributed by atoms with van der Waals surface area (Å²) < 4.78 is 50.4. The molecule has 1 amide bonds. The van der Waals surface area contributed by atoms with Crippen LogP contribution in [0.1, 0.15) is 17.6 Å². The van der Waals surface area contributed by atoms with Crippen molar-refractivity contribution in [2.24, 2.45) is 0 Å². The maximum absolute atomic E-state index is 13.6. The van der Waals surface area contributed by atoms with Crippen LogP contribution in [-0.4, -0.2) is 66.4 Å². The van der Waals surface area contributed by atoms with Crippen LogP contribution in [0.15, 0.2) is 36.7 Å². The standard InChI is InChI=1S/C21H22F3N3O3/c22-19-2-1-15(8-18(19)20(23)24)16-7-14(9-25-10-16)11-27-13-17(30-21(27)28)12-26-3-5-29-6-4-26/h1-2,7-10,17,20H,3-6,11-13H2/t17-/m0/s1. The number of nitrogens with zero attached hydrogens (tertiary/aromatic N) is 3. The summed E-state index contributed by atoms with van der Waals surface area (Å²) in [6.45, 7) is 4.42. The molecule has 0 saturated carbocycles. The summed E-state index contributed by atoms with van der Waals surface area (Å²) in [6.07, 6.45) is -0.360. The van der Waals surface area contributed by atoms with E-state index in [0.29, 0.717) is 44.0 Å². The van der Waals surface area contributed by atoms with Gasteiger partial charge in [0.25, 0.3) is 6.43 Å². The number of benzene rings is 1. The van der Waals surface area contributed by atoms with Gasteiger partial charge in [-0.25, -0.2) is 18.0 Å². The monoisotopic (exact) mass is 421 g/mol. The van der Waals surface area contributed by atoms with Crippen molar-refractivity contribution in [1.29, 1.82) is 0 Å². The van der Waals surface area contributed by atoms with Crippen LogP contribution >= 0.6 is 0 Å². The average molecular weight is 421 g/mol. The van der Waals surface area contributed by atoms with Gasteiger partial charge in [-0.3, -0.25) is 9.88 Å². The molecule has 2 aromatic rings. The predicted molar refractivity (Wildman–Crippen MR) is 103 cm³/mol. The number of aromatic nitrogens is 1. The second-order valence-electron chi connectivity index (χ2n) is 7.42. The number of hydrogen-bond acceptors (Lipinski definition) is 5. The first kappa shape index (κ1) is 20.6. The summed E-state index contributed by atoms with van der Waals surface area (Å²) in [4.78, 5) is 20.2. The van der Waals surface area contributed by atoms with Crippen LogP contribution in [0.4, 0.5) is 18.0 Å². The molecule has 2 fully saturated rings. The van der Waals surface area contributed by atoms with Crippen molar-refractivity contribution >= 4 is 6.09 Å². The lowest BCUT2D eigenvalue weighted by Gasteiger charge is -2.28. The van der Waals surface area contributed by atoms with Crippen LogP contribution < -0.4 is 0 Å². The van der Waals surface area contributed by atoms with Crippen molar-refractivity contribution in [2.45, 2.75) is 19.1 Å². The summed E-state index contributed by atoms with van der Waals surface area (Å²) in [7, 11) is 0. The first-order chi connectivity index (χ1) is 14.5.